The molecule has 0 aromatic rings. The van der Waals surface area contributed by atoms with Crippen molar-refractivity contribution in [2.24, 2.45) is 0 Å². The van der Waals surface area contributed by atoms with Crippen LogP contribution in [0.3, 0.4) is 0 Å². The summed E-state index contributed by atoms with van der Waals surface area (Å²) in [4.78, 5) is 0. The van der Waals surface area contributed by atoms with Gasteiger partial charge >= 0.3 is 27.3 Å². The minimum Gasteiger partial charge on any atom is -0.696 e. The summed E-state index contributed by atoms with van der Waals surface area (Å²) in [6, 6.07) is 0. The summed E-state index contributed by atoms with van der Waals surface area (Å²) in [5, 5.41) is 8.47. The molecule has 0 aromatic carbocycles. The van der Waals surface area contributed by atoms with Crippen molar-refractivity contribution in [1.29, 1.82) is 5.26 Å². The molecule has 0 atom stereocenters. The van der Waals surface area contributed by atoms with Gasteiger partial charge in [0.1, 0.15) is 0 Å². The molecule has 0 aliphatic rings. The molecule has 0 fully saturated rings. The maximum atomic E-state index is 7.13. The van der Waals surface area contributed by atoms with Gasteiger partial charge in [0.25, 0.3) is 0 Å². The summed E-state index contributed by atoms with van der Waals surface area (Å²) in [7, 11) is 0. The molecule has 0 saturated heterocycles. The Hall–Kier alpha value is 0.632. The van der Waals surface area contributed by atoms with Crippen LogP contribution in [0.2, 0.25) is 0 Å². The minimum absolute atomic E-state index is 0. The molecule has 0 aliphatic heterocycles. The Balaban J connectivity index is -0.00000000667. The van der Waals surface area contributed by atoms with Crippen LogP contribution in [0.5, 0.6) is 0 Å². The van der Waals surface area contributed by atoms with Gasteiger partial charge in [-0.3, -0.25) is 0 Å². The first-order valence-electron chi connectivity index (χ1n) is 0.428. The molecule has 0 unspecified atom stereocenters. The van der Waals surface area contributed by atoms with Crippen LogP contribution >= 0.6 is 0 Å². The molecule has 0 aliphatic carbocycles. The monoisotopic (exact) mass is 295 g/mol. The largest absolute Gasteiger partial charge is 1.00 e. The second-order valence-corrected chi connectivity index (χ2v) is 0.274. The molecule has 0 bridgehead atoms. The fraction of sp³-hybridized carbons (Fsp3) is 0.667. The van der Waals surface area contributed by atoms with Crippen molar-refractivity contribution in [2.45, 2.75) is 14.9 Å². The Morgan fingerprint density at radius 2 is 1.33 bits per heavy atom. The Kier molecular flexibility index (Phi) is 230. The van der Waals surface area contributed by atoms with Crippen LogP contribution in [-0.4, -0.2) is 27.3 Å². The predicted octanol–water partition coefficient (Wildman–Crippen LogP) is 0.906. The van der Waals surface area contributed by atoms with Gasteiger partial charge in [0.2, 0.25) is 0 Å². The summed E-state index contributed by atoms with van der Waals surface area (Å²) in [6.07, 6.45) is 0. The van der Waals surface area contributed by atoms with Crippen molar-refractivity contribution in [1.82, 2.24) is 0 Å². The first-order chi connectivity index (χ1) is 1.41. The first-order valence-corrected chi connectivity index (χ1v) is 0.836. The van der Waals surface area contributed by atoms with Gasteiger partial charge in [-0.25, -0.2) is 5.26 Å². The zero-order chi connectivity index (χ0) is 2.71. The number of rotatable bonds is 0. The molecule has 34 valence electrons. The molecule has 0 N–H and O–H groups in total. The van der Waals surface area contributed by atoms with E-state index < -0.39 is 0 Å². The summed E-state index contributed by atoms with van der Waals surface area (Å²) < 4.78 is 0. The maximum absolute atomic E-state index is 7.13. The number of nitriles is 1. The van der Waals surface area contributed by atoms with E-state index >= 15 is 0 Å². The van der Waals surface area contributed by atoms with E-state index in [1.54, 1.807) is 0 Å². The van der Waals surface area contributed by atoms with Gasteiger partial charge in [-0.1, -0.05) is 20.3 Å². The van der Waals surface area contributed by atoms with E-state index in [9.17, 15) is 0 Å². The molecule has 0 saturated carbocycles. The smallest absolute Gasteiger partial charge is 0.696 e. The van der Waals surface area contributed by atoms with Gasteiger partial charge in [-0.2, -0.15) is 0 Å². The third-order valence-corrected chi connectivity index (χ3v) is 0. The first kappa shape index (κ1) is 30.4. The van der Waals surface area contributed by atoms with Crippen molar-refractivity contribution in [3.63, 3.8) is 0 Å². The van der Waals surface area contributed by atoms with E-state index in [1.165, 1.54) is 5.40 Å². The molecule has 0 aromatic heterocycles. The fourth-order valence-corrected chi connectivity index (χ4v) is 0. The van der Waals surface area contributed by atoms with Gasteiger partial charge in [0.05, 0.1) is 0 Å². The molecular formula is C3H8NSTl. The van der Waals surface area contributed by atoms with Crippen LogP contribution < -0.4 is 0 Å². The molecule has 0 rings (SSSR count). The zero-order valence-corrected chi connectivity index (χ0v) is 7.24. The normalized spacial score (nSPS) is 1.17. The second kappa shape index (κ2) is 45.4. The van der Waals surface area contributed by atoms with E-state index in [0.29, 0.717) is 0 Å². The van der Waals surface area contributed by atoms with Crippen LogP contribution in [0.15, 0.2) is 0 Å². The van der Waals surface area contributed by atoms with E-state index in [2.05, 4.69) is 12.6 Å². The topological polar surface area (TPSA) is 23.8 Å². The third kappa shape index (κ3) is 153. The summed E-state index contributed by atoms with van der Waals surface area (Å²) in [5.74, 6) is 0. The van der Waals surface area contributed by atoms with E-state index in [1.807, 2.05) is 0 Å². The zero-order valence-electron chi connectivity index (χ0n) is 1.93. The fourth-order valence-electron chi connectivity index (χ4n) is 0. The standard InChI is InChI=1S/CHNS.2CH4.Tl/c2-1-3;;;/h3H;2*1H4;/q;;;+1/p-1. The molecular weight excluding hydrogens is 286 g/mol. The quantitative estimate of drug-likeness (QED) is 0.377. The maximum Gasteiger partial charge on any atom is 1.00 e. The van der Waals surface area contributed by atoms with Crippen LogP contribution in [0.4, 0.5) is 0 Å². The van der Waals surface area contributed by atoms with Gasteiger partial charge in [-0.15, -0.1) is 0 Å². The Labute approximate surface area is 65.3 Å². The van der Waals surface area contributed by atoms with Crippen molar-refractivity contribution < 1.29 is 0 Å². The average molecular weight is 295 g/mol. The average Bonchev–Trinajstić information content (AvgIpc) is 0.918. The van der Waals surface area contributed by atoms with Crippen molar-refractivity contribution in [2.75, 3.05) is 0 Å². The number of hydrogen-bond acceptors (Lipinski definition) is 2. The SMILES string of the molecule is C.C.N#C[S-].[Tl+]. The van der Waals surface area contributed by atoms with E-state index in [-0.39, 0.29) is 42.2 Å². The van der Waals surface area contributed by atoms with E-state index in [0.717, 1.165) is 0 Å². The van der Waals surface area contributed by atoms with Gasteiger partial charge < -0.3 is 12.6 Å². The molecule has 0 radical (unpaired) electrons. The Bertz CT molecular complexity index is 32.3. The van der Waals surface area contributed by atoms with Crippen molar-refractivity contribution in [3.05, 3.63) is 0 Å². The Morgan fingerprint density at radius 3 is 1.33 bits per heavy atom. The molecule has 1 nitrogen and oxygen atoms in total. The molecule has 0 heterocycles. The summed E-state index contributed by atoms with van der Waals surface area (Å²) in [5.41, 5.74) is 0. The summed E-state index contributed by atoms with van der Waals surface area (Å²) in [6.45, 7) is 0. The Morgan fingerprint density at radius 1 is 1.33 bits per heavy atom. The number of thiocyanates is 1. The molecule has 0 spiro atoms. The molecule has 0 amide bonds. The van der Waals surface area contributed by atoms with Crippen LogP contribution in [0.25, 0.3) is 0 Å². The second-order valence-electron chi connectivity index (χ2n) is 0.0913. The van der Waals surface area contributed by atoms with Crippen LogP contribution in [0.1, 0.15) is 14.9 Å². The van der Waals surface area contributed by atoms with Crippen molar-refractivity contribution >= 4 is 39.9 Å². The third-order valence-electron chi connectivity index (χ3n) is 0. The van der Waals surface area contributed by atoms with Crippen molar-refractivity contribution in [3.8, 4) is 5.40 Å². The molecule has 6 heavy (non-hydrogen) atoms. The predicted molar refractivity (Wildman–Crippen MR) is 32.2 cm³/mol. The number of hydrogen-bond donors (Lipinski definition) is 0. The molecule has 3 heteroatoms. The van der Waals surface area contributed by atoms with Gasteiger partial charge in [-0.05, 0) is 0 Å². The summed E-state index contributed by atoms with van der Waals surface area (Å²) >= 11 is 3.70. The van der Waals surface area contributed by atoms with Crippen LogP contribution in [-0.2, 0) is 12.6 Å². The van der Waals surface area contributed by atoms with Gasteiger partial charge in [0, 0.05) is 0 Å². The van der Waals surface area contributed by atoms with E-state index in [4.69, 9.17) is 5.26 Å². The minimum atomic E-state index is 0. The number of nitrogens with zero attached hydrogens (tertiary/aromatic N) is 1. The van der Waals surface area contributed by atoms with Crippen LogP contribution in [0, 0.1) is 10.7 Å². The van der Waals surface area contributed by atoms with Gasteiger partial charge in [0.15, 0.2) is 0 Å².